The number of aliphatic hydroxyl groups excluding tert-OH is 2. The molecule has 0 spiro atoms. The van der Waals surface area contributed by atoms with Crippen molar-refractivity contribution < 1.29 is 29.3 Å². The Morgan fingerprint density at radius 3 is 2.70 bits per heavy atom. The van der Waals surface area contributed by atoms with Crippen molar-refractivity contribution >= 4 is 11.8 Å². The minimum atomic E-state index is -0.999. The summed E-state index contributed by atoms with van der Waals surface area (Å²) in [7, 11) is 1.48. The summed E-state index contributed by atoms with van der Waals surface area (Å²) in [6.45, 7) is 0.366. The maximum Gasteiger partial charge on any atom is 0.249 e. The van der Waals surface area contributed by atoms with E-state index in [-0.39, 0.29) is 31.6 Å². The molecule has 3 aliphatic rings. The summed E-state index contributed by atoms with van der Waals surface area (Å²) in [5, 5.41) is 23.4. The van der Waals surface area contributed by atoms with Crippen molar-refractivity contribution in [3.05, 3.63) is 41.5 Å². The molecule has 1 aromatic rings. The Hall–Kier alpha value is -2.42. The fourth-order valence-corrected chi connectivity index (χ4v) is 5.44. The standard InChI is InChI=1S/C25H34N2O6/c1-32-15-21(29)27(14-16-7-3-2-4-8-16)19-13-18(25(31)26-11-12-28)22-17-9-5-6-10-20(17)33-24(22)23(19)30/h5-6,9-10,13,16,19,22-24,28,30H,2-4,7-8,11-12,14-15H2,1H3,(H,26,31)/t19-,22+,23+,24+/m1/s1. The van der Waals surface area contributed by atoms with Crippen molar-refractivity contribution in [2.45, 2.75) is 56.3 Å². The summed E-state index contributed by atoms with van der Waals surface area (Å²) < 4.78 is 11.3. The second kappa shape index (κ2) is 10.7. The van der Waals surface area contributed by atoms with Crippen LogP contribution >= 0.6 is 0 Å². The van der Waals surface area contributed by atoms with E-state index in [0.29, 0.717) is 23.8 Å². The normalized spacial score (nSPS) is 26.6. The molecule has 1 aromatic carbocycles. The Bertz CT molecular complexity index is 881. The van der Waals surface area contributed by atoms with Gasteiger partial charge in [0, 0.05) is 31.3 Å². The summed E-state index contributed by atoms with van der Waals surface area (Å²) in [5.74, 6) is 0.00190. The van der Waals surface area contributed by atoms with E-state index in [0.717, 1.165) is 31.2 Å². The van der Waals surface area contributed by atoms with Crippen LogP contribution in [0.3, 0.4) is 0 Å². The number of carbonyl (C=O) groups is 2. The highest BCUT2D eigenvalue weighted by atomic mass is 16.5. The van der Waals surface area contributed by atoms with Crippen molar-refractivity contribution in [1.82, 2.24) is 10.2 Å². The number of carbonyl (C=O) groups excluding carboxylic acids is 2. The molecule has 0 bridgehead atoms. The van der Waals surface area contributed by atoms with Crippen LogP contribution in [0.4, 0.5) is 0 Å². The molecule has 8 heteroatoms. The molecule has 0 radical (unpaired) electrons. The number of benzene rings is 1. The zero-order valence-electron chi connectivity index (χ0n) is 19.1. The maximum atomic E-state index is 13.1. The van der Waals surface area contributed by atoms with E-state index < -0.39 is 24.2 Å². The molecule has 4 rings (SSSR count). The molecule has 2 aliphatic carbocycles. The Morgan fingerprint density at radius 1 is 1.21 bits per heavy atom. The highest BCUT2D eigenvalue weighted by molar-refractivity contribution is 5.96. The van der Waals surface area contributed by atoms with Crippen LogP contribution < -0.4 is 10.1 Å². The number of fused-ring (bicyclic) bond motifs is 3. The molecule has 33 heavy (non-hydrogen) atoms. The Labute approximate surface area is 194 Å². The number of aliphatic hydroxyl groups is 2. The van der Waals surface area contributed by atoms with Gasteiger partial charge < -0.3 is 29.9 Å². The number of hydrogen-bond donors (Lipinski definition) is 3. The first-order chi connectivity index (χ1) is 16.0. The molecule has 1 aliphatic heterocycles. The fraction of sp³-hybridized carbons (Fsp3) is 0.600. The van der Waals surface area contributed by atoms with Gasteiger partial charge in [-0.25, -0.2) is 0 Å². The van der Waals surface area contributed by atoms with E-state index in [1.807, 2.05) is 24.3 Å². The largest absolute Gasteiger partial charge is 0.486 e. The maximum absolute atomic E-state index is 13.1. The molecule has 2 amide bonds. The summed E-state index contributed by atoms with van der Waals surface area (Å²) in [5.41, 5.74) is 1.29. The predicted octanol–water partition coefficient (Wildman–Crippen LogP) is 1.36. The van der Waals surface area contributed by atoms with Crippen LogP contribution in [0, 0.1) is 5.92 Å². The van der Waals surface area contributed by atoms with Crippen LogP contribution in [0.15, 0.2) is 35.9 Å². The van der Waals surface area contributed by atoms with Crippen LogP contribution in [0.25, 0.3) is 0 Å². The average molecular weight is 459 g/mol. The smallest absolute Gasteiger partial charge is 0.249 e. The Morgan fingerprint density at radius 2 is 1.97 bits per heavy atom. The molecule has 0 saturated heterocycles. The van der Waals surface area contributed by atoms with Crippen molar-refractivity contribution in [2.24, 2.45) is 5.92 Å². The van der Waals surface area contributed by atoms with Crippen LogP contribution in [-0.2, 0) is 14.3 Å². The van der Waals surface area contributed by atoms with Gasteiger partial charge in [0.1, 0.15) is 24.6 Å². The summed E-state index contributed by atoms with van der Waals surface area (Å²) in [6, 6.07) is 6.75. The van der Waals surface area contributed by atoms with E-state index in [1.54, 1.807) is 11.0 Å². The molecule has 4 atom stereocenters. The highest BCUT2D eigenvalue weighted by Gasteiger charge is 2.50. The number of rotatable bonds is 8. The van der Waals surface area contributed by atoms with Gasteiger partial charge in [0.05, 0.1) is 18.6 Å². The minimum absolute atomic E-state index is 0.0923. The molecule has 1 heterocycles. The van der Waals surface area contributed by atoms with Crippen molar-refractivity contribution in [3.63, 3.8) is 0 Å². The van der Waals surface area contributed by atoms with E-state index in [9.17, 15) is 19.8 Å². The van der Waals surface area contributed by atoms with Crippen LogP contribution in [0.2, 0.25) is 0 Å². The number of methoxy groups -OCH3 is 1. The van der Waals surface area contributed by atoms with Crippen LogP contribution in [0.1, 0.15) is 43.6 Å². The van der Waals surface area contributed by atoms with Crippen molar-refractivity contribution in [3.8, 4) is 5.75 Å². The number of nitrogens with zero attached hydrogens (tertiary/aromatic N) is 1. The molecule has 1 fully saturated rings. The van der Waals surface area contributed by atoms with Crippen molar-refractivity contribution in [1.29, 1.82) is 0 Å². The quantitative estimate of drug-likeness (QED) is 0.543. The number of para-hydroxylation sites is 1. The predicted molar refractivity (Wildman–Crippen MR) is 122 cm³/mol. The first-order valence-corrected chi connectivity index (χ1v) is 11.9. The SMILES string of the molecule is COCC(=O)N(CC1CCCCC1)[C@@H]1C=C(C(=O)NCCO)[C@@H]2c3ccccc3O[C@@H]2[C@H]1O. The van der Waals surface area contributed by atoms with Gasteiger partial charge in [0.15, 0.2) is 0 Å². The van der Waals surface area contributed by atoms with Gasteiger partial charge in [0.25, 0.3) is 0 Å². The number of ether oxygens (including phenoxy) is 2. The van der Waals surface area contributed by atoms with E-state index in [1.165, 1.54) is 13.5 Å². The summed E-state index contributed by atoms with van der Waals surface area (Å²) >= 11 is 0. The third-order valence-electron chi connectivity index (χ3n) is 7.00. The molecule has 1 saturated carbocycles. The molecule has 0 unspecified atom stereocenters. The van der Waals surface area contributed by atoms with E-state index in [4.69, 9.17) is 9.47 Å². The highest BCUT2D eigenvalue weighted by Crippen LogP contribution is 2.47. The topological polar surface area (TPSA) is 108 Å². The second-order valence-corrected chi connectivity index (χ2v) is 9.16. The fourth-order valence-electron chi connectivity index (χ4n) is 5.44. The molecular formula is C25H34N2O6. The zero-order valence-corrected chi connectivity index (χ0v) is 19.1. The van der Waals surface area contributed by atoms with Gasteiger partial charge >= 0.3 is 0 Å². The summed E-state index contributed by atoms with van der Waals surface area (Å²) in [4.78, 5) is 27.9. The average Bonchev–Trinajstić information content (AvgIpc) is 3.23. The molecule has 8 nitrogen and oxygen atoms in total. The van der Waals surface area contributed by atoms with E-state index >= 15 is 0 Å². The first-order valence-electron chi connectivity index (χ1n) is 11.9. The third-order valence-corrected chi connectivity index (χ3v) is 7.00. The van der Waals surface area contributed by atoms with Gasteiger partial charge in [-0.1, -0.05) is 37.5 Å². The van der Waals surface area contributed by atoms with Gasteiger partial charge in [-0.2, -0.15) is 0 Å². The van der Waals surface area contributed by atoms with Gasteiger partial charge in [-0.15, -0.1) is 0 Å². The lowest BCUT2D eigenvalue weighted by molar-refractivity contribution is -0.142. The summed E-state index contributed by atoms with van der Waals surface area (Å²) in [6.07, 6.45) is 5.61. The van der Waals surface area contributed by atoms with Gasteiger partial charge in [0.2, 0.25) is 11.8 Å². The third kappa shape index (κ3) is 4.93. The second-order valence-electron chi connectivity index (χ2n) is 9.16. The van der Waals surface area contributed by atoms with Gasteiger partial charge in [-0.05, 0) is 30.9 Å². The number of amides is 2. The zero-order chi connectivity index (χ0) is 23.4. The Balaban J connectivity index is 1.70. The van der Waals surface area contributed by atoms with Crippen LogP contribution in [-0.4, -0.2) is 78.6 Å². The Kier molecular flexibility index (Phi) is 7.67. The lowest BCUT2D eigenvalue weighted by Crippen LogP contribution is -2.57. The first kappa shape index (κ1) is 23.7. The molecule has 0 aromatic heterocycles. The van der Waals surface area contributed by atoms with Crippen molar-refractivity contribution in [2.75, 3.05) is 33.4 Å². The molecule has 3 N–H and O–H groups in total. The van der Waals surface area contributed by atoms with Gasteiger partial charge in [-0.3, -0.25) is 9.59 Å². The number of nitrogens with one attached hydrogen (secondary N) is 1. The monoisotopic (exact) mass is 458 g/mol. The lowest BCUT2D eigenvalue weighted by atomic mass is 9.77. The van der Waals surface area contributed by atoms with Crippen LogP contribution in [0.5, 0.6) is 5.75 Å². The van der Waals surface area contributed by atoms with E-state index in [2.05, 4.69) is 5.32 Å². The molecular weight excluding hydrogens is 424 g/mol. The number of hydrogen-bond acceptors (Lipinski definition) is 6. The lowest BCUT2D eigenvalue weighted by Gasteiger charge is -2.42. The minimum Gasteiger partial charge on any atom is -0.486 e. The molecule has 180 valence electrons.